The van der Waals surface area contributed by atoms with E-state index in [0.717, 1.165) is 24.1 Å². The lowest BCUT2D eigenvalue weighted by Crippen LogP contribution is -2.07. The van der Waals surface area contributed by atoms with Crippen molar-refractivity contribution in [3.8, 4) is 0 Å². The normalized spacial score (nSPS) is 12.9. The summed E-state index contributed by atoms with van der Waals surface area (Å²) in [5, 5.41) is 3.87. The van der Waals surface area contributed by atoms with Crippen LogP contribution in [0.25, 0.3) is 11.1 Å². The van der Waals surface area contributed by atoms with E-state index in [0.29, 0.717) is 11.3 Å². The van der Waals surface area contributed by atoms with Gasteiger partial charge in [-0.15, -0.1) is 0 Å². The second-order valence-corrected chi connectivity index (χ2v) is 5.02. The van der Waals surface area contributed by atoms with E-state index in [1.54, 1.807) is 0 Å². The van der Waals surface area contributed by atoms with E-state index in [2.05, 4.69) is 23.5 Å². The number of hydrogen-bond acceptors (Lipinski definition) is 4. The van der Waals surface area contributed by atoms with Gasteiger partial charge in [0.1, 0.15) is 5.52 Å². The number of anilines is 1. The van der Waals surface area contributed by atoms with Gasteiger partial charge in [0.2, 0.25) is 0 Å². The number of rotatable bonds is 5. The second-order valence-electron chi connectivity index (χ2n) is 3.75. The Bertz CT molecular complexity index is 422. The van der Waals surface area contributed by atoms with Crippen molar-refractivity contribution >= 4 is 28.9 Å². The Morgan fingerprint density at radius 3 is 3.00 bits per heavy atom. The van der Waals surface area contributed by atoms with Crippen LogP contribution in [0.4, 0.5) is 6.01 Å². The van der Waals surface area contributed by atoms with E-state index >= 15 is 0 Å². The molecule has 1 atom stereocenters. The molecule has 1 heterocycles. The molecular formula is C12H16N2OS. The average molecular weight is 236 g/mol. The number of aromatic nitrogens is 1. The summed E-state index contributed by atoms with van der Waals surface area (Å²) in [6, 6.07) is 8.42. The minimum absolute atomic E-state index is 0.620. The summed E-state index contributed by atoms with van der Waals surface area (Å²) in [6.07, 6.45) is 3.24. The number of fused-ring (bicyclic) bond motifs is 1. The van der Waals surface area contributed by atoms with Crippen LogP contribution in [0.15, 0.2) is 28.7 Å². The third kappa shape index (κ3) is 2.70. The van der Waals surface area contributed by atoms with Crippen molar-refractivity contribution in [2.75, 3.05) is 18.1 Å². The summed E-state index contributed by atoms with van der Waals surface area (Å²) >= 11 is 1.87. The third-order valence-corrected chi connectivity index (χ3v) is 3.56. The summed E-state index contributed by atoms with van der Waals surface area (Å²) in [4.78, 5) is 4.35. The highest BCUT2D eigenvalue weighted by molar-refractivity contribution is 7.99. The van der Waals surface area contributed by atoms with Crippen LogP contribution in [-0.4, -0.2) is 23.0 Å². The number of thioether (sulfide) groups is 1. The lowest BCUT2D eigenvalue weighted by molar-refractivity contribution is 0.612. The fraction of sp³-hybridized carbons (Fsp3) is 0.417. The van der Waals surface area contributed by atoms with Gasteiger partial charge in [0.25, 0.3) is 6.01 Å². The molecule has 1 unspecified atom stereocenters. The maximum atomic E-state index is 5.55. The Balaban J connectivity index is 1.94. The Morgan fingerprint density at radius 1 is 1.44 bits per heavy atom. The number of nitrogens with zero attached hydrogens (tertiary/aromatic N) is 1. The lowest BCUT2D eigenvalue weighted by atomic mass is 10.3. The molecule has 16 heavy (non-hydrogen) atoms. The highest BCUT2D eigenvalue weighted by Crippen LogP contribution is 2.18. The summed E-state index contributed by atoms with van der Waals surface area (Å²) in [5.74, 6) is 0. The fourth-order valence-corrected chi connectivity index (χ4v) is 1.80. The molecule has 0 radical (unpaired) electrons. The maximum absolute atomic E-state index is 5.55. The maximum Gasteiger partial charge on any atom is 0.295 e. The molecule has 4 heteroatoms. The van der Waals surface area contributed by atoms with Gasteiger partial charge in [0, 0.05) is 11.8 Å². The first-order chi connectivity index (χ1) is 7.79. The molecule has 1 aromatic heterocycles. The molecule has 1 N–H and O–H groups in total. The number of benzene rings is 1. The molecule has 0 aliphatic heterocycles. The molecule has 0 spiro atoms. The van der Waals surface area contributed by atoms with Crippen molar-refractivity contribution < 1.29 is 4.42 Å². The lowest BCUT2D eigenvalue weighted by Gasteiger charge is -2.06. The SMILES string of the molecule is CSC(C)CCNc1nc2ccccc2o1. The van der Waals surface area contributed by atoms with Crippen LogP contribution in [0.1, 0.15) is 13.3 Å². The van der Waals surface area contributed by atoms with Gasteiger partial charge in [0.05, 0.1) is 0 Å². The molecule has 1 aromatic carbocycles. The quantitative estimate of drug-likeness (QED) is 0.863. The zero-order chi connectivity index (χ0) is 11.4. The molecule has 0 bridgehead atoms. The zero-order valence-electron chi connectivity index (χ0n) is 9.56. The Kier molecular flexibility index (Phi) is 3.72. The molecule has 3 nitrogen and oxygen atoms in total. The summed E-state index contributed by atoms with van der Waals surface area (Å²) in [5.41, 5.74) is 1.74. The number of nitrogens with one attached hydrogen (secondary N) is 1. The highest BCUT2D eigenvalue weighted by Gasteiger charge is 2.04. The van der Waals surface area contributed by atoms with Crippen LogP contribution in [0.5, 0.6) is 0 Å². The number of oxazole rings is 1. The molecule has 0 saturated carbocycles. The van der Waals surface area contributed by atoms with Crippen molar-refractivity contribution in [3.05, 3.63) is 24.3 Å². The van der Waals surface area contributed by atoms with Gasteiger partial charge in [-0.1, -0.05) is 19.1 Å². The van der Waals surface area contributed by atoms with Gasteiger partial charge in [0.15, 0.2) is 5.58 Å². The third-order valence-electron chi connectivity index (χ3n) is 2.52. The number of hydrogen-bond donors (Lipinski definition) is 1. The second kappa shape index (κ2) is 5.25. The van der Waals surface area contributed by atoms with Crippen LogP contribution in [0.2, 0.25) is 0 Å². The van der Waals surface area contributed by atoms with Crippen molar-refractivity contribution in [1.29, 1.82) is 0 Å². The minimum Gasteiger partial charge on any atom is -0.424 e. The predicted octanol–water partition coefficient (Wildman–Crippen LogP) is 3.38. The van der Waals surface area contributed by atoms with Crippen LogP contribution < -0.4 is 5.32 Å². The molecule has 0 aliphatic carbocycles. The molecule has 0 amide bonds. The van der Waals surface area contributed by atoms with Crippen molar-refractivity contribution in [3.63, 3.8) is 0 Å². The van der Waals surface area contributed by atoms with E-state index in [1.165, 1.54) is 0 Å². The first-order valence-electron chi connectivity index (χ1n) is 5.42. The summed E-state index contributed by atoms with van der Waals surface area (Å²) < 4.78 is 5.55. The van der Waals surface area contributed by atoms with Gasteiger partial charge < -0.3 is 9.73 Å². The van der Waals surface area contributed by atoms with E-state index < -0.39 is 0 Å². The minimum atomic E-state index is 0.620. The van der Waals surface area contributed by atoms with Crippen molar-refractivity contribution in [1.82, 2.24) is 4.98 Å². The molecule has 2 aromatic rings. The Labute approximate surface area is 99.6 Å². The fourth-order valence-electron chi connectivity index (χ4n) is 1.45. The monoisotopic (exact) mass is 236 g/mol. The van der Waals surface area contributed by atoms with Crippen LogP contribution >= 0.6 is 11.8 Å². The predicted molar refractivity (Wildman–Crippen MR) is 70.1 cm³/mol. The molecule has 0 saturated heterocycles. The van der Waals surface area contributed by atoms with Crippen molar-refractivity contribution in [2.45, 2.75) is 18.6 Å². The average Bonchev–Trinajstić information content (AvgIpc) is 2.71. The van der Waals surface area contributed by atoms with E-state index in [4.69, 9.17) is 4.42 Å². The first kappa shape index (κ1) is 11.3. The van der Waals surface area contributed by atoms with Crippen LogP contribution in [0.3, 0.4) is 0 Å². The molecule has 86 valence electrons. The van der Waals surface area contributed by atoms with Gasteiger partial charge in [-0.25, -0.2) is 0 Å². The van der Waals surface area contributed by atoms with Gasteiger partial charge in [-0.05, 0) is 24.8 Å². The standard InChI is InChI=1S/C12H16N2OS/c1-9(16-2)7-8-13-12-14-10-5-3-4-6-11(10)15-12/h3-6,9H,7-8H2,1-2H3,(H,13,14). The first-order valence-corrected chi connectivity index (χ1v) is 6.70. The topological polar surface area (TPSA) is 38.1 Å². The smallest absolute Gasteiger partial charge is 0.295 e. The highest BCUT2D eigenvalue weighted by atomic mass is 32.2. The van der Waals surface area contributed by atoms with Gasteiger partial charge >= 0.3 is 0 Å². The van der Waals surface area contributed by atoms with Crippen LogP contribution in [0, 0.1) is 0 Å². The number of para-hydroxylation sites is 2. The van der Waals surface area contributed by atoms with E-state index in [-0.39, 0.29) is 0 Å². The molecule has 0 aliphatic rings. The Morgan fingerprint density at radius 2 is 2.25 bits per heavy atom. The molecular weight excluding hydrogens is 220 g/mol. The molecule has 0 fully saturated rings. The van der Waals surface area contributed by atoms with Gasteiger partial charge in [-0.2, -0.15) is 16.7 Å². The van der Waals surface area contributed by atoms with Gasteiger partial charge in [-0.3, -0.25) is 0 Å². The Hall–Kier alpha value is -1.16. The van der Waals surface area contributed by atoms with E-state index in [9.17, 15) is 0 Å². The summed E-state index contributed by atoms with van der Waals surface area (Å²) in [7, 11) is 0. The van der Waals surface area contributed by atoms with Crippen LogP contribution in [-0.2, 0) is 0 Å². The largest absolute Gasteiger partial charge is 0.424 e. The zero-order valence-corrected chi connectivity index (χ0v) is 10.4. The molecule has 2 rings (SSSR count). The summed E-state index contributed by atoms with van der Waals surface area (Å²) in [6.45, 7) is 3.12. The van der Waals surface area contributed by atoms with E-state index in [1.807, 2.05) is 36.0 Å². The van der Waals surface area contributed by atoms with Crippen molar-refractivity contribution in [2.24, 2.45) is 0 Å².